The van der Waals surface area contributed by atoms with Gasteiger partial charge in [0.15, 0.2) is 0 Å². The van der Waals surface area contributed by atoms with Gasteiger partial charge in [0, 0.05) is 12.8 Å². The van der Waals surface area contributed by atoms with Crippen molar-refractivity contribution in [3.8, 4) is 0 Å². The Balaban J connectivity index is 3.52. The highest BCUT2D eigenvalue weighted by Gasteiger charge is 2.11. The van der Waals surface area contributed by atoms with E-state index in [0.717, 1.165) is 44.9 Å². The lowest BCUT2D eigenvalue weighted by Crippen LogP contribution is -2.25. The number of hydrogen-bond donors (Lipinski definition) is 1. The van der Waals surface area contributed by atoms with Crippen LogP contribution < -0.4 is 0 Å². The van der Waals surface area contributed by atoms with Crippen molar-refractivity contribution in [1.29, 1.82) is 0 Å². The maximum Gasteiger partial charge on any atom is 0.306 e. The first-order valence-corrected chi connectivity index (χ1v) is 21.8. The summed E-state index contributed by atoms with van der Waals surface area (Å²) in [4.78, 5) is 24.0. The van der Waals surface area contributed by atoms with E-state index in [4.69, 9.17) is 9.47 Å². The van der Waals surface area contributed by atoms with E-state index in [-0.39, 0.29) is 31.6 Å². The Morgan fingerprint density at radius 3 is 1.12 bits per heavy atom. The first-order valence-electron chi connectivity index (χ1n) is 21.8. The van der Waals surface area contributed by atoms with Crippen LogP contribution in [0.25, 0.3) is 0 Å². The summed E-state index contributed by atoms with van der Waals surface area (Å²) in [6, 6.07) is 0. The van der Waals surface area contributed by atoms with E-state index in [1.54, 1.807) is 0 Å². The molecule has 0 aliphatic heterocycles. The molecule has 0 amide bonds. The van der Waals surface area contributed by atoms with E-state index in [1.165, 1.54) is 128 Å². The maximum absolute atomic E-state index is 12.0. The minimum atomic E-state index is -0.994. The highest BCUT2D eigenvalue weighted by atomic mass is 16.6. The van der Waals surface area contributed by atoms with Gasteiger partial charge in [-0.05, 0) is 51.4 Å². The van der Waals surface area contributed by atoms with Crippen LogP contribution in [0.2, 0.25) is 0 Å². The van der Waals surface area contributed by atoms with Gasteiger partial charge < -0.3 is 14.6 Å². The largest absolute Gasteiger partial charge is 0.463 e. The molecule has 0 rings (SSSR count). The zero-order valence-electron chi connectivity index (χ0n) is 34.1. The Bertz CT molecular complexity index is 915. The average molecular weight is 727 g/mol. The molecular weight excluding hydrogens is 645 g/mol. The summed E-state index contributed by atoms with van der Waals surface area (Å²) in [5.74, 6) is -0.654. The molecule has 0 aromatic heterocycles. The monoisotopic (exact) mass is 727 g/mol. The van der Waals surface area contributed by atoms with E-state index in [0.29, 0.717) is 12.8 Å². The average Bonchev–Trinajstić information content (AvgIpc) is 3.15. The molecule has 300 valence electrons. The minimum absolute atomic E-state index is 0.139. The second-order valence-electron chi connectivity index (χ2n) is 14.5. The number of aliphatic hydroxyl groups is 1. The molecule has 5 heteroatoms. The summed E-state index contributed by atoms with van der Waals surface area (Å²) in [7, 11) is 0. The number of aliphatic hydroxyl groups excluding tert-OH is 1. The highest BCUT2D eigenvalue weighted by Crippen LogP contribution is 2.15. The van der Waals surface area contributed by atoms with Gasteiger partial charge in [0.25, 0.3) is 0 Å². The number of rotatable bonds is 39. The Morgan fingerprint density at radius 2 is 0.712 bits per heavy atom. The molecule has 0 aliphatic rings. The van der Waals surface area contributed by atoms with E-state index < -0.39 is 6.10 Å². The van der Waals surface area contributed by atoms with Crippen molar-refractivity contribution in [2.24, 2.45) is 0 Å². The standard InChI is InChI=1S/C47H82O5/c1-3-5-7-9-11-13-15-17-19-21-23-25-27-29-31-33-35-37-39-41-46(49)51-43-45(48)44-52-47(50)42-40-38-36-34-32-30-28-26-24-22-20-18-16-14-12-10-8-6-4-2/h11,13,17,19,23,25,29,31,35,37,45,48H,3-10,12,14-16,18,20-22,24,26-28,30,32-34,36,38-44H2,1-2H3/b13-11-,19-17-,25-23-,31-29-,37-35-/t45-/m0/s1. The van der Waals surface area contributed by atoms with Gasteiger partial charge >= 0.3 is 11.9 Å². The number of carbonyl (C=O) groups excluding carboxylic acids is 2. The van der Waals surface area contributed by atoms with Crippen LogP contribution in [0, 0.1) is 0 Å². The van der Waals surface area contributed by atoms with Gasteiger partial charge in [0.2, 0.25) is 0 Å². The van der Waals surface area contributed by atoms with E-state index >= 15 is 0 Å². The second-order valence-corrected chi connectivity index (χ2v) is 14.5. The van der Waals surface area contributed by atoms with Crippen LogP contribution in [-0.2, 0) is 19.1 Å². The number of hydrogen-bond acceptors (Lipinski definition) is 5. The second kappa shape index (κ2) is 43.0. The third-order valence-corrected chi connectivity index (χ3v) is 9.27. The molecule has 0 aromatic rings. The van der Waals surface area contributed by atoms with Crippen LogP contribution in [-0.4, -0.2) is 36.4 Å². The normalized spacial score (nSPS) is 12.8. The Hall–Kier alpha value is -2.40. The number of ether oxygens (including phenoxy) is 2. The molecule has 0 bridgehead atoms. The SMILES string of the molecule is CCCCC/C=C\C/C=C\C/C=C\C/C=C\C/C=C\CCC(=O)OC[C@H](O)COC(=O)CCCCCCCCCCCCCCCCCCCCC. The van der Waals surface area contributed by atoms with Crippen molar-refractivity contribution >= 4 is 11.9 Å². The van der Waals surface area contributed by atoms with Crippen molar-refractivity contribution < 1.29 is 24.2 Å². The predicted molar refractivity (Wildman–Crippen MR) is 223 cm³/mol. The van der Waals surface area contributed by atoms with Gasteiger partial charge in [-0.1, -0.05) is 203 Å². The lowest BCUT2D eigenvalue weighted by Gasteiger charge is -2.12. The summed E-state index contributed by atoms with van der Waals surface area (Å²) in [5, 5.41) is 10.0. The Kier molecular flexibility index (Phi) is 41.0. The van der Waals surface area contributed by atoms with Gasteiger partial charge in [-0.25, -0.2) is 0 Å². The molecule has 0 aromatic carbocycles. The molecular formula is C47H82O5. The molecule has 1 N–H and O–H groups in total. The summed E-state index contributed by atoms with van der Waals surface area (Å²) in [6.07, 6.45) is 55.8. The van der Waals surface area contributed by atoms with Crippen LogP contribution in [0.1, 0.15) is 206 Å². The molecule has 0 unspecified atom stereocenters. The van der Waals surface area contributed by atoms with Crippen LogP contribution >= 0.6 is 0 Å². The van der Waals surface area contributed by atoms with Gasteiger partial charge in [0.05, 0.1) is 0 Å². The van der Waals surface area contributed by atoms with Crippen LogP contribution in [0.15, 0.2) is 60.8 Å². The van der Waals surface area contributed by atoms with Crippen LogP contribution in [0.4, 0.5) is 0 Å². The fraction of sp³-hybridized carbons (Fsp3) is 0.745. The molecule has 0 fully saturated rings. The molecule has 5 nitrogen and oxygen atoms in total. The lowest BCUT2D eigenvalue weighted by molar-refractivity contribution is -0.152. The third-order valence-electron chi connectivity index (χ3n) is 9.27. The van der Waals surface area contributed by atoms with Gasteiger partial charge in [-0.15, -0.1) is 0 Å². The fourth-order valence-corrected chi connectivity index (χ4v) is 5.95. The third kappa shape index (κ3) is 42.0. The molecule has 1 atom stereocenters. The zero-order valence-corrected chi connectivity index (χ0v) is 34.1. The molecule has 0 spiro atoms. The summed E-state index contributed by atoms with van der Waals surface area (Å²) >= 11 is 0. The lowest BCUT2D eigenvalue weighted by atomic mass is 10.0. The van der Waals surface area contributed by atoms with Gasteiger partial charge in [0.1, 0.15) is 19.3 Å². The molecule has 0 saturated carbocycles. The molecule has 0 radical (unpaired) electrons. The van der Waals surface area contributed by atoms with Crippen molar-refractivity contribution in [1.82, 2.24) is 0 Å². The minimum Gasteiger partial charge on any atom is -0.463 e. The summed E-state index contributed by atoms with van der Waals surface area (Å²) < 4.78 is 10.3. The number of esters is 2. The summed E-state index contributed by atoms with van der Waals surface area (Å²) in [5.41, 5.74) is 0. The first-order chi connectivity index (χ1) is 25.6. The maximum atomic E-state index is 12.0. The fourth-order valence-electron chi connectivity index (χ4n) is 5.95. The number of unbranched alkanes of at least 4 members (excludes halogenated alkanes) is 21. The van der Waals surface area contributed by atoms with Gasteiger partial charge in [-0.3, -0.25) is 9.59 Å². The molecule has 0 saturated heterocycles. The van der Waals surface area contributed by atoms with Crippen molar-refractivity contribution in [3.05, 3.63) is 60.8 Å². The van der Waals surface area contributed by atoms with E-state index in [2.05, 4.69) is 62.5 Å². The quantitative estimate of drug-likeness (QED) is 0.0388. The van der Waals surface area contributed by atoms with Crippen molar-refractivity contribution in [2.45, 2.75) is 213 Å². The number of carbonyl (C=O) groups is 2. The van der Waals surface area contributed by atoms with E-state index in [9.17, 15) is 14.7 Å². The van der Waals surface area contributed by atoms with Crippen molar-refractivity contribution in [2.75, 3.05) is 13.2 Å². The summed E-state index contributed by atoms with van der Waals surface area (Å²) in [6.45, 7) is 4.22. The smallest absolute Gasteiger partial charge is 0.306 e. The van der Waals surface area contributed by atoms with Crippen LogP contribution in [0.5, 0.6) is 0 Å². The number of allylic oxidation sites excluding steroid dienone is 10. The first kappa shape index (κ1) is 49.6. The molecule has 0 heterocycles. The highest BCUT2D eigenvalue weighted by molar-refractivity contribution is 5.70. The Morgan fingerprint density at radius 1 is 0.404 bits per heavy atom. The Labute approximate surface area is 321 Å². The van der Waals surface area contributed by atoms with Gasteiger partial charge in [-0.2, -0.15) is 0 Å². The topological polar surface area (TPSA) is 72.8 Å². The molecule has 52 heavy (non-hydrogen) atoms. The van der Waals surface area contributed by atoms with Crippen LogP contribution in [0.3, 0.4) is 0 Å². The zero-order chi connectivity index (χ0) is 37.8. The predicted octanol–water partition coefficient (Wildman–Crippen LogP) is 14.0. The molecule has 0 aliphatic carbocycles. The van der Waals surface area contributed by atoms with E-state index in [1.807, 2.05) is 12.2 Å². The van der Waals surface area contributed by atoms with Crippen molar-refractivity contribution in [3.63, 3.8) is 0 Å².